The Hall–Kier alpha value is -5.96. The van der Waals surface area contributed by atoms with Crippen molar-refractivity contribution in [1.82, 2.24) is 0 Å². The summed E-state index contributed by atoms with van der Waals surface area (Å²) in [5.74, 6) is 0.590. The first-order chi connectivity index (χ1) is 28.1. The van der Waals surface area contributed by atoms with Crippen molar-refractivity contribution in [2.45, 2.75) is 57.3 Å². The van der Waals surface area contributed by atoms with E-state index in [1.54, 1.807) is 0 Å². The highest BCUT2D eigenvalue weighted by molar-refractivity contribution is 7.26. The quantitative estimate of drug-likeness (QED) is 0.164. The van der Waals surface area contributed by atoms with Crippen LogP contribution in [0.5, 0.6) is 0 Å². The van der Waals surface area contributed by atoms with Crippen LogP contribution in [-0.4, -0.2) is 0 Å². The number of nitrogens with zero attached hydrogens (tertiary/aromatic N) is 1. The van der Waals surface area contributed by atoms with E-state index in [2.05, 4.69) is 189 Å². The smallest absolute Gasteiger partial charge is 0.0640 e. The predicted octanol–water partition coefficient (Wildman–Crippen LogP) is 16.4. The van der Waals surface area contributed by atoms with Crippen LogP contribution in [0, 0.1) is 0 Å². The molecular weight excluding hydrogens is 707 g/mol. The number of benzene rings is 8. The first-order valence-electron chi connectivity index (χ1n) is 20.7. The van der Waals surface area contributed by atoms with Crippen molar-refractivity contribution in [1.29, 1.82) is 0 Å². The molecule has 2 aliphatic rings. The second-order valence-corrected chi connectivity index (χ2v) is 17.7. The Morgan fingerprint density at radius 1 is 0.474 bits per heavy atom. The largest absolute Gasteiger partial charge is 0.308 e. The summed E-state index contributed by atoms with van der Waals surface area (Å²) in [5.41, 5.74) is 15.5. The zero-order chi connectivity index (χ0) is 38.1. The van der Waals surface area contributed by atoms with Crippen molar-refractivity contribution in [3.63, 3.8) is 0 Å². The van der Waals surface area contributed by atoms with Gasteiger partial charge in [-0.15, -0.1) is 11.3 Å². The lowest BCUT2D eigenvalue weighted by Crippen LogP contribution is -2.15. The molecule has 0 N–H and O–H groups in total. The summed E-state index contributed by atoms with van der Waals surface area (Å²) in [6, 6.07) is 64.1. The Bertz CT molecular complexity index is 2990. The van der Waals surface area contributed by atoms with Crippen molar-refractivity contribution in [3.8, 4) is 33.4 Å². The first-order valence-corrected chi connectivity index (χ1v) is 21.5. The van der Waals surface area contributed by atoms with Crippen molar-refractivity contribution >= 4 is 59.3 Å². The molecule has 2 aliphatic carbocycles. The van der Waals surface area contributed by atoms with Gasteiger partial charge in [0.15, 0.2) is 0 Å². The molecule has 0 saturated heterocycles. The van der Waals surface area contributed by atoms with E-state index in [4.69, 9.17) is 0 Å². The lowest BCUT2D eigenvalue weighted by Gasteiger charge is -2.31. The molecule has 8 aromatic carbocycles. The van der Waals surface area contributed by atoms with Crippen LogP contribution in [0.25, 0.3) is 64.3 Å². The molecular formula is C55H45NS. The summed E-state index contributed by atoms with van der Waals surface area (Å²) >= 11 is 1.90. The van der Waals surface area contributed by atoms with Gasteiger partial charge in [0.25, 0.3) is 0 Å². The number of thiophene rings is 1. The van der Waals surface area contributed by atoms with Gasteiger partial charge in [0.1, 0.15) is 0 Å². The molecule has 0 atom stereocenters. The summed E-state index contributed by atoms with van der Waals surface area (Å²) < 4.78 is 2.61. The highest BCUT2D eigenvalue weighted by Crippen LogP contribution is 2.55. The number of fused-ring (bicyclic) bond motifs is 7. The predicted molar refractivity (Wildman–Crippen MR) is 246 cm³/mol. The molecule has 0 bridgehead atoms. The highest BCUT2D eigenvalue weighted by atomic mass is 32.1. The molecule has 57 heavy (non-hydrogen) atoms. The second kappa shape index (κ2) is 13.6. The Balaban J connectivity index is 1.21. The molecule has 0 aliphatic heterocycles. The average molecular weight is 752 g/mol. The van der Waals surface area contributed by atoms with Crippen LogP contribution in [0.2, 0.25) is 0 Å². The molecule has 1 fully saturated rings. The molecule has 11 rings (SSSR count). The van der Waals surface area contributed by atoms with E-state index in [9.17, 15) is 0 Å². The van der Waals surface area contributed by atoms with Crippen LogP contribution in [0.3, 0.4) is 0 Å². The molecule has 0 unspecified atom stereocenters. The molecule has 276 valence electrons. The Morgan fingerprint density at radius 2 is 1.04 bits per heavy atom. The van der Waals surface area contributed by atoms with Gasteiger partial charge in [-0.05, 0) is 92.7 Å². The van der Waals surface area contributed by atoms with E-state index in [-0.39, 0.29) is 5.41 Å². The highest BCUT2D eigenvalue weighted by Gasteiger charge is 2.37. The molecule has 0 radical (unpaired) electrons. The van der Waals surface area contributed by atoms with E-state index in [0.29, 0.717) is 5.92 Å². The standard InChI is InChI=1S/C55H45NS/c1-55(2)46-30-10-6-25-45(46)53-43(28-16-31-47(53)55)40-23-8-12-33-49(40)56(50-34-17-29-44-41-24-9-13-35-51(41)57-54(44)50)48-32-11-7-22-39(48)42-27-15-21-37-20-14-26-38(52(37)42)36-18-4-3-5-19-36/h6-17,20-36H,3-5,18-19H2,1-2H3. The summed E-state index contributed by atoms with van der Waals surface area (Å²) in [6.45, 7) is 4.76. The molecule has 2 heteroatoms. The van der Waals surface area contributed by atoms with Gasteiger partial charge in [-0.25, -0.2) is 0 Å². The summed E-state index contributed by atoms with van der Waals surface area (Å²) in [5, 5.41) is 5.35. The number of anilines is 3. The Labute approximate surface area is 339 Å². The van der Waals surface area contributed by atoms with Gasteiger partial charge in [-0.1, -0.05) is 179 Å². The van der Waals surface area contributed by atoms with Crippen LogP contribution in [-0.2, 0) is 5.41 Å². The summed E-state index contributed by atoms with van der Waals surface area (Å²) in [7, 11) is 0. The molecule has 0 spiro atoms. The fourth-order valence-corrected chi connectivity index (χ4v) is 11.6. The van der Waals surface area contributed by atoms with Crippen LogP contribution in [0.15, 0.2) is 170 Å². The third-order valence-electron chi connectivity index (χ3n) is 13.1. The zero-order valence-electron chi connectivity index (χ0n) is 32.6. The minimum atomic E-state index is -0.0871. The van der Waals surface area contributed by atoms with E-state index >= 15 is 0 Å². The van der Waals surface area contributed by atoms with Gasteiger partial charge in [0, 0.05) is 32.0 Å². The van der Waals surface area contributed by atoms with Gasteiger partial charge >= 0.3 is 0 Å². The van der Waals surface area contributed by atoms with Crippen molar-refractivity contribution < 1.29 is 0 Å². The molecule has 1 saturated carbocycles. The maximum Gasteiger partial charge on any atom is 0.0640 e. The van der Waals surface area contributed by atoms with Gasteiger partial charge < -0.3 is 4.90 Å². The second-order valence-electron chi connectivity index (χ2n) is 16.6. The minimum Gasteiger partial charge on any atom is -0.308 e. The van der Waals surface area contributed by atoms with Crippen molar-refractivity contribution in [2.24, 2.45) is 0 Å². The minimum absolute atomic E-state index is 0.0871. The van der Waals surface area contributed by atoms with Crippen LogP contribution in [0.1, 0.15) is 68.6 Å². The maximum atomic E-state index is 2.59. The normalized spacial score (nSPS) is 14.9. The molecule has 9 aromatic rings. The van der Waals surface area contributed by atoms with Crippen LogP contribution in [0.4, 0.5) is 17.1 Å². The van der Waals surface area contributed by atoms with Gasteiger partial charge in [0.05, 0.1) is 21.8 Å². The van der Waals surface area contributed by atoms with Crippen molar-refractivity contribution in [2.75, 3.05) is 4.90 Å². The van der Waals surface area contributed by atoms with Gasteiger partial charge in [-0.2, -0.15) is 0 Å². The molecule has 1 aromatic heterocycles. The van der Waals surface area contributed by atoms with Crippen LogP contribution >= 0.6 is 11.3 Å². The van der Waals surface area contributed by atoms with E-state index in [1.165, 1.54) is 130 Å². The van der Waals surface area contributed by atoms with E-state index < -0.39 is 0 Å². The maximum absolute atomic E-state index is 2.59. The third-order valence-corrected chi connectivity index (χ3v) is 14.3. The summed E-state index contributed by atoms with van der Waals surface area (Å²) in [4.78, 5) is 2.59. The SMILES string of the molecule is CC1(C)c2ccccc2-c2c(-c3ccccc3N(c3ccccc3-c3cccc4cccc(C5CCCCC5)c34)c3cccc4c3sc3ccccc34)cccc21. The zero-order valence-corrected chi connectivity index (χ0v) is 33.5. The van der Waals surface area contributed by atoms with Crippen molar-refractivity contribution in [3.05, 3.63) is 187 Å². The Morgan fingerprint density at radius 3 is 1.84 bits per heavy atom. The number of rotatable bonds is 6. The van der Waals surface area contributed by atoms with Crippen LogP contribution < -0.4 is 4.90 Å². The number of para-hydroxylation sites is 2. The lowest BCUT2D eigenvalue weighted by atomic mass is 9.80. The molecule has 0 amide bonds. The Kier molecular flexibility index (Phi) is 8.19. The van der Waals surface area contributed by atoms with Gasteiger partial charge in [-0.3, -0.25) is 0 Å². The molecule has 1 nitrogen and oxygen atoms in total. The monoisotopic (exact) mass is 751 g/mol. The number of hydrogen-bond acceptors (Lipinski definition) is 2. The lowest BCUT2D eigenvalue weighted by molar-refractivity contribution is 0.445. The van der Waals surface area contributed by atoms with E-state index in [0.717, 1.165) is 0 Å². The average Bonchev–Trinajstić information content (AvgIpc) is 3.77. The fourth-order valence-electron chi connectivity index (χ4n) is 10.4. The first kappa shape index (κ1) is 34.3. The van der Waals surface area contributed by atoms with Gasteiger partial charge in [0.2, 0.25) is 0 Å². The number of hydrogen-bond donors (Lipinski definition) is 0. The topological polar surface area (TPSA) is 3.24 Å². The fraction of sp³-hybridized carbons (Fsp3) is 0.164. The molecule has 1 heterocycles. The third kappa shape index (κ3) is 5.41. The summed E-state index contributed by atoms with van der Waals surface area (Å²) in [6.07, 6.45) is 6.51. The van der Waals surface area contributed by atoms with E-state index in [1.807, 2.05) is 11.3 Å².